The molecule has 0 fully saturated rings. The molecule has 0 saturated carbocycles. The maximum atomic E-state index is 14.3. The molecular formula is C23H19F2NO3. The minimum absolute atomic E-state index is 0.211. The van der Waals surface area contributed by atoms with E-state index in [1.807, 2.05) is 6.07 Å². The van der Waals surface area contributed by atoms with E-state index in [0.717, 1.165) is 17.2 Å². The number of fused-ring (bicyclic) bond motifs is 1. The Morgan fingerprint density at radius 2 is 1.79 bits per heavy atom. The monoisotopic (exact) mass is 395 g/mol. The summed E-state index contributed by atoms with van der Waals surface area (Å²) < 4.78 is 33.5. The maximum absolute atomic E-state index is 14.3. The number of hydrogen-bond acceptors (Lipinski definition) is 3. The highest BCUT2D eigenvalue weighted by Gasteiger charge is 2.37. The number of carbonyl (C=O) groups is 1. The first-order chi connectivity index (χ1) is 13.9. The summed E-state index contributed by atoms with van der Waals surface area (Å²) >= 11 is 0. The first kappa shape index (κ1) is 19.1. The molecule has 6 heteroatoms. The van der Waals surface area contributed by atoms with Gasteiger partial charge in [-0.2, -0.15) is 0 Å². The average Bonchev–Trinajstić information content (AvgIpc) is 2.68. The van der Waals surface area contributed by atoms with E-state index in [1.54, 1.807) is 36.4 Å². The molecule has 0 heterocycles. The Kier molecular flexibility index (Phi) is 4.80. The highest BCUT2D eigenvalue weighted by molar-refractivity contribution is 5.79. The topological polar surface area (TPSA) is 72.6 Å². The molecule has 0 amide bonds. The summed E-state index contributed by atoms with van der Waals surface area (Å²) in [5, 5.41) is 9.42. The number of aliphatic carboxylic acids is 1. The highest BCUT2D eigenvalue weighted by atomic mass is 19.1. The smallest absolute Gasteiger partial charge is 0.324 e. The predicted molar refractivity (Wildman–Crippen MR) is 105 cm³/mol. The summed E-state index contributed by atoms with van der Waals surface area (Å²) in [6, 6.07) is 15.8. The predicted octanol–water partition coefficient (Wildman–Crippen LogP) is 4.69. The number of benzene rings is 3. The van der Waals surface area contributed by atoms with Crippen molar-refractivity contribution in [3.05, 3.63) is 83.4 Å². The number of carboxylic acid groups (broad SMARTS) is 1. The second-order valence-corrected chi connectivity index (χ2v) is 7.29. The van der Waals surface area contributed by atoms with Gasteiger partial charge in [-0.1, -0.05) is 24.3 Å². The Morgan fingerprint density at radius 1 is 1.00 bits per heavy atom. The van der Waals surface area contributed by atoms with Gasteiger partial charge >= 0.3 is 5.97 Å². The fraction of sp³-hybridized carbons (Fsp3) is 0.174. The molecule has 4 nitrogen and oxygen atoms in total. The van der Waals surface area contributed by atoms with Gasteiger partial charge in [0.15, 0.2) is 0 Å². The van der Waals surface area contributed by atoms with E-state index in [4.69, 9.17) is 10.5 Å². The van der Waals surface area contributed by atoms with Gasteiger partial charge in [0.25, 0.3) is 0 Å². The average molecular weight is 395 g/mol. The fourth-order valence-corrected chi connectivity index (χ4v) is 3.66. The van der Waals surface area contributed by atoms with Gasteiger partial charge in [0.05, 0.1) is 0 Å². The molecule has 148 valence electrons. The quantitative estimate of drug-likeness (QED) is 0.672. The number of nitrogens with two attached hydrogens (primary N) is 1. The molecule has 0 aromatic heterocycles. The Morgan fingerprint density at radius 3 is 2.55 bits per heavy atom. The zero-order valence-electron chi connectivity index (χ0n) is 15.5. The SMILES string of the molecule is NC1(C(=O)O)CCc2ccc(Oc3ccccc3-c3ccc(F)cc3F)cc2C1. The number of ether oxygens (including phenoxy) is 1. The lowest BCUT2D eigenvalue weighted by Crippen LogP contribution is -2.52. The van der Waals surface area contributed by atoms with Gasteiger partial charge < -0.3 is 15.6 Å². The van der Waals surface area contributed by atoms with E-state index in [2.05, 4.69) is 0 Å². The van der Waals surface area contributed by atoms with Gasteiger partial charge in [-0.15, -0.1) is 0 Å². The third kappa shape index (κ3) is 3.71. The molecule has 1 aliphatic rings. The molecule has 29 heavy (non-hydrogen) atoms. The van der Waals surface area contributed by atoms with Gasteiger partial charge in [0.1, 0.15) is 28.7 Å². The van der Waals surface area contributed by atoms with Crippen LogP contribution in [0.15, 0.2) is 60.7 Å². The van der Waals surface area contributed by atoms with Crippen LogP contribution >= 0.6 is 0 Å². The molecule has 0 spiro atoms. The van der Waals surface area contributed by atoms with Gasteiger partial charge in [-0.05, 0) is 54.3 Å². The summed E-state index contributed by atoms with van der Waals surface area (Å²) in [4.78, 5) is 11.5. The minimum Gasteiger partial charge on any atom is -0.480 e. The number of halogens is 2. The molecule has 4 rings (SSSR count). The van der Waals surface area contributed by atoms with Crippen LogP contribution in [0.25, 0.3) is 11.1 Å². The summed E-state index contributed by atoms with van der Waals surface area (Å²) in [5.41, 5.74) is 7.32. The Hall–Kier alpha value is -3.25. The van der Waals surface area contributed by atoms with E-state index < -0.39 is 23.1 Å². The number of para-hydroxylation sites is 1. The lowest BCUT2D eigenvalue weighted by Gasteiger charge is -2.31. The maximum Gasteiger partial charge on any atom is 0.324 e. The van der Waals surface area contributed by atoms with Crippen molar-refractivity contribution in [1.82, 2.24) is 0 Å². The normalized spacial score (nSPS) is 18.2. The Balaban J connectivity index is 1.67. The van der Waals surface area contributed by atoms with Crippen molar-refractivity contribution in [3.63, 3.8) is 0 Å². The van der Waals surface area contributed by atoms with E-state index in [9.17, 15) is 18.7 Å². The van der Waals surface area contributed by atoms with Crippen LogP contribution in [0.2, 0.25) is 0 Å². The van der Waals surface area contributed by atoms with Crippen LogP contribution in [0.4, 0.5) is 8.78 Å². The van der Waals surface area contributed by atoms with Crippen molar-refractivity contribution in [3.8, 4) is 22.6 Å². The summed E-state index contributed by atoms with van der Waals surface area (Å²) in [6.45, 7) is 0. The first-order valence-electron chi connectivity index (χ1n) is 9.22. The van der Waals surface area contributed by atoms with Crippen LogP contribution in [-0.2, 0) is 17.6 Å². The van der Waals surface area contributed by atoms with Gasteiger partial charge in [-0.3, -0.25) is 4.79 Å². The largest absolute Gasteiger partial charge is 0.480 e. The van der Waals surface area contributed by atoms with Gasteiger partial charge in [0.2, 0.25) is 0 Å². The molecule has 1 aliphatic carbocycles. The molecule has 0 radical (unpaired) electrons. The molecule has 3 N–H and O–H groups in total. The van der Waals surface area contributed by atoms with Crippen molar-refractivity contribution in [1.29, 1.82) is 0 Å². The highest BCUT2D eigenvalue weighted by Crippen LogP contribution is 2.36. The van der Waals surface area contributed by atoms with Crippen LogP contribution in [0, 0.1) is 11.6 Å². The van der Waals surface area contributed by atoms with E-state index in [1.165, 1.54) is 12.1 Å². The standard InChI is InChI=1S/C23H19F2NO3/c24-16-6-8-18(20(25)12-16)19-3-1-2-4-21(19)29-17-7-5-14-9-10-23(26,22(27)28)13-15(14)11-17/h1-8,11-12H,9-10,13,26H2,(H,27,28). The third-order valence-corrected chi connectivity index (χ3v) is 5.29. The Bertz CT molecular complexity index is 1100. The van der Waals surface area contributed by atoms with Crippen molar-refractivity contribution in [2.45, 2.75) is 24.8 Å². The zero-order valence-corrected chi connectivity index (χ0v) is 15.5. The number of rotatable bonds is 4. The number of aryl methyl sites for hydroxylation is 1. The van der Waals surface area contributed by atoms with Crippen molar-refractivity contribution in [2.24, 2.45) is 5.73 Å². The molecule has 1 unspecified atom stereocenters. The van der Waals surface area contributed by atoms with Crippen molar-refractivity contribution >= 4 is 5.97 Å². The third-order valence-electron chi connectivity index (χ3n) is 5.29. The fourth-order valence-electron chi connectivity index (χ4n) is 3.66. The zero-order chi connectivity index (χ0) is 20.6. The van der Waals surface area contributed by atoms with Gasteiger partial charge in [-0.25, -0.2) is 8.78 Å². The molecule has 0 bridgehead atoms. The van der Waals surface area contributed by atoms with Crippen LogP contribution in [0.3, 0.4) is 0 Å². The molecule has 1 atom stereocenters. The lowest BCUT2D eigenvalue weighted by molar-refractivity contribution is -0.143. The van der Waals surface area contributed by atoms with Crippen LogP contribution < -0.4 is 10.5 Å². The number of hydrogen-bond donors (Lipinski definition) is 2. The number of carboxylic acids is 1. The van der Waals surface area contributed by atoms with Crippen LogP contribution in [0.5, 0.6) is 11.5 Å². The van der Waals surface area contributed by atoms with Gasteiger partial charge in [0, 0.05) is 23.6 Å². The van der Waals surface area contributed by atoms with Crippen LogP contribution in [0.1, 0.15) is 17.5 Å². The summed E-state index contributed by atoms with van der Waals surface area (Å²) in [5.74, 6) is -1.45. The molecule has 0 saturated heterocycles. The molecule has 0 aliphatic heterocycles. The lowest BCUT2D eigenvalue weighted by atomic mass is 9.78. The van der Waals surface area contributed by atoms with E-state index in [-0.39, 0.29) is 12.0 Å². The first-order valence-corrected chi connectivity index (χ1v) is 9.22. The minimum atomic E-state index is -1.29. The second-order valence-electron chi connectivity index (χ2n) is 7.29. The van der Waals surface area contributed by atoms with Crippen molar-refractivity contribution in [2.75, 3.05) is 0 Å². The Labute approximate surface area is 166 Å². The molecular weight excluding hydrogens is 376 g/mol. The van der Waals surface area contributed by atoms with Crippen molar-refractivity contribution < 1.29 is 23.4 Å². The second kappa shape index (κ2) is 7.29. The van der Waals surface area contributed by atoms with E-state index in [0.29, 0.717) is 29.9 Å². The van der Waals surface area contributed by atoms with E-state index >= 15 is 0 Å². The molecule has 3 aromatic carbocycles. The van der Waals surface area contributed by atoms with Crippen LogP contribution in [-0.4, -0.2) is 16.6 Å². The summed E-state index contributed by atoms with van der Waals surface area (Å²) in [7, 11) is 0. The summed E-state index contributed by atoms with van der Waals surface area (Å²) in [6.07, 6.45) is 1.17. The molecule has 3 aromatic rings.